The van der Waals surface area contributed by atoms with E-state index >= 15 is 0 Å². The van der Waals surface area contributed by atoms with Gasteiger partial charge < -0.3 is 15.7 Å². The highest BCUT2D eigenvalue weighted by atomic mass is 35.5. The van der Waals surface area contributed by atoms with Gasteiger partial charge in [-0.1, -0.05) is 23.7 Å². The monoisotopic (exact) mass is 595 g/mol. The minimum atomic E-state index is -0.583. The zero-order valence-corrected chi connectivity index (χ0v) is 23.7. The molecule has 3 aromatic rings. The Kier molecular flexibility index (Phi) is 10.4. The number of nitrogens with one attached hydrogen (secondary N) is 3. The lowest BCUT2D eigenvalue weighted by atomic mass is 10.1. The summed E-state index contributed by atoms with van der Waals surface area (Å²) >= 11 is 10.2. The normalized spacial score (nSPS) is 17.8. The average molecular weight is 596 g/mol. The molecular weight excluding hydrogens is 569 g/mol. The van der Waals surface area contributed by atoms with E-state index in [1.54, 1.807) is 29.3 Å². The molecule has 2 aromatic carbocycles. The Balaban J connectivity index is 1.29. The third-order valence-electron chi connectivity index (χ3n) is 5.71. The molecule has 0 aliphatic carbocycles. The summed E-state index contributed by atoms with van der Waals surface area (Å²) in [6.07, 6.45) is 2.77. The Labute approximate surface area is 238 Å². The molecule has 1 aromatic heterocycles. The molecule has 4 N–H and O–H groups in total. The zero-order chi connectivity index (χ0) is 27.1. The summed E-state index contributed by atoms with van der Waals surface area (Å²) in [4.78, 5) is 32.3. The quantitative estimate of drug-likeness (QED) is 0.154. The Morgan fingerprint density at radius 3 is 2.79 bits per heavy atom. The van der Waals surface area contributed by atoms with E-state index in [2.05, 4.69) is 20.3 Å². The van der Waals surface area contributed by atoms with Crippen molar-refractivity contribution < 1.29 is 19.1 Å². The smallest absolute Gasteiger partial charge is 0.242 e. The van der Waals surface area contributed by atoms with Gasteiger partial charge in [0.1, 0.15) is 16.9 Å². The number of thiazole rings is 1. The van der Waals surface area contributed by atoms with Crippen molar-refractivity contribution in [1.29, 1.82) is 0 Å². The first kappa shape index (κ1) is 28.8. The topological polar surface area (TPSA) is 107 Å². The van der Waals surface area contributed by atoms with Crippen molar-refractivity contribution in [2.24, 2.45) is 0 Å². The second-order valence-corrected chi connectivity index (χ2v) is 12.2. The SMILES string of the molecule is CN1SNC(C(=O)NCc2cnc(-c3ccc(SCCCO)cc3)s2)CC1C(=O)Nc1ccc(F)c(Cl)c1. The van der Waals surface area contributed by atoms with Crippen molar-refractivity contribution in [2.75, 3.05) is 24.7 Å². The van der Waals surface area contributed by atoms with Crippen LogP contribution in [0.3, 0.4) is 0 Å². The van der Waals surface area contributed by atoms with Crippen molar-refractivity contribution in [1.82, 2.24) is 19.3 Å². The molecule has 2 amide bonds. The standard InChI is InChI=1S/C25H27ClFN5O3S3/c1-32-22(24(35)30-16-5-8-20(27)19(26)11-16)12-21(31-38-32)23(34)28-13-18-14-29-25(37-18)15-3-6-17(7-4-15)36-10-2-9-33/h3-8,11,14,21-22,31,33H,2,9-10,12-13H2,1H3,(H,28,34)(H,30,35). The van der Waals surface area contributed by atoms with Crippen molar-refractivity contribution >= 4 is 64.3 Å². The van der Waals surface area contributed by atoms with Crippen LogP contribution in [0.25, 0.3) is 10.6 Å². The van der Waals surface area contributed by atoms with E-state index in [1.165, 1.54) is 41.7 Å². The summed E-state index contributed by atoms with van der Waals surface area (Å²) in [5.41, 5.74) is 1.39. The van der Waals surface area contributed by atoms with Crippen LogP contribution in [0.4, 0.5) is 10.1 Å². The number of anilines is 1. The number of aliphatic hydroxyl groups is 1. The number of carbonyl (C=O) groups is 2. The second kappa shape index (κ2) is 13.7. The summed E-state index contributed by atoms with van der Waals surface area (Å²) in [6.45, 7) is 0.522. The number of aliphatic hydroxyl groups excluding tert-OH is 1. The third kappa shape index (κ3) is 7.69. The number of rotatable bonds is 10. The Hall–Kier alpha value is -2.19. The van der Waals surface area contributed by atoms with Crippen LogP contribution in [0.2, 0.25) is 5.02 Å². The van der Waals surface area contributed by atoms with E-state index in [-0.39, 0.29) is 29.9 Å². The fraction of sp³-hybridized carbons (Fsp3) is 0.320. The highest BCUT2D eigenvalue weighted by Crippen LogP contribution is 2.28. The van der Waals surface area contributed by atoms with Gasteiger partial charge in [-0.3, -0.25) is 9.59 Å². The molecule has 2 heterocycles. The van der Waals surface area contributed by atoms with Gasteiger partial charge in [-0.25, -0.2) is 18.4 Å². The summed E-state index contributed by atoms with van der Waals surface area (Å²) in [7, 11) is 1.76. The number of benzene rings is 2. The molecule has 0 radical (unpaired) electrons. The first-order valence-corrected chi connectivity index (χ1v) is 14.8. The first-order valence-electron chi connectivity index (χ1n) is 11.8. The molecule has 2 unspecified atom stereocenters. The molecule has 202 valence electrons. The van der Waals surface area contributed by atoms with Gasteiger partial charge in [0.2, 0.25) is 11.8 Å². The molecule has 8 nitrogen and oxygen atoms in total. The molecule has 1 saturated heterocycles. The molecule has 13 heteroatoms. The predicted molar refractivity (Wildman–Crippen MR) is 153 cm³/mol. The van der Waals surface area contributed by atoms with Gasteiger partial charge in [-0.05, 0) is 50.2 Å². The van der Waals surface area contributed by atoms with Crippen molar-refractivity contribution in [3.05, 3.63) is 64.4 Å². The van der Waals surface area contributed by atoms with Gasteiger partial charge in [-0.15, -0.1) is 23.1 Å². The van der Waals surface area contributed by atoms with Gasteiger partial charge in [0.25, 0.3) is 0 Å². The fourth-order valence-corrected chi connectivity index (χ4v) is 6.31. The zero-order valence-electron chi connectivity index (χ0n) is 20.4. The second-order valence-electron chi connectivity index (χ2n) is 8.48. The third-order valence-corrected chi connectivity index (χ3v) is 9.07. The highest BCUT2D eigenvalue weighted by molar-refractivity contribution is 7.99. The first-order chi connectivity index (χ1) is 18.3. The number of nitrogens with zero attached hydrogens (tertiary/aromatic N) is 2. The number of aromatic nitrogens is 1. The van der Waals surface area contributed by atoms with E-state index in [1.807, 2.05) is 24.3 Å². The minimum Gasteiger partial charge on any atom is -0.396 e. The van der Waals surface area contributed by atoms with Crippen molar-refractivity contribution in [3.63, 3.8) is 0 Å². The van der Waals surface area contributed by atoms with Crippen molar-refractivity contribution in [2.45, 2.75) is 36.4 Å². The highest BCUT2D eigenvalue weighted by Gasteiger charge is 2.35. The summed E-state index contributed by atoms with van der Waals surface area (Å²) in [6, 6.07) is 10.9. The lowest BCUT2D eigenvalue weighted by Crippen LogP contribution is -2.53. The number of carbonyl (C=O) groups excluding carboxylic acids is 2. The molecule has 2 atom stereocenters. The molecule has 4 rings (SSSR count). The molecule has 0 spiro atoms. The minimum absolute atomic E-state index is 0.0791. The predicted octanol–water partition coefficient (Wildman–Crippen LogP) is 4.56. The van der Waals surface area contributed by atoms with Crippen LogP contribution < -0.4 is 15.4 Å². The van der Waals surface area contributed by atoms with Crippen LogP contribution >= 0.6 is 46.8 Å². The van der Waals surface area contributed by atoms with Crippen LogP contribution in [-0.4, -0.2) is 57.7 Å². The maximum atomic E-state index is 13.4. The van der Waals surface area contributed by atoms with E-state index in [0.29, 0.717) is 12.2 Å². The number of thioether (sulfide) groups is 1. The molecule has 38 heavy (non-hydrogen) atoms. The summed E-state index contributed by atoms with van der Waals surface area (Å²) in [5, 5.41) is 15.4. The summed E-state index contributed by atoms with van der Waals surface area (Å²) < 4.78 is 18.2. The van der Waals surface area contributed by atoms with E-state index in [0.717, 1.165) is 32.5 Å². The molecule has 0 saturated carbocycles. The largest absolute Gasteiger partial charge is 0.396 e. The summed E-state index contributed by atoms with van der Waals surface area (Å²) in [5.74, 6) is -0.221. The molecule has 1 aliphatic heterocycles. The Bertz CT molecular complexity index is 1260. The van der Waals surface area contributed by atoms with Crippen LogP contribution in [-0.2, 0) is 16.1 Å². The Morgan fingerprint density at radius 1 is 1.26 bits per heavy atom. The van der Waals surface area contributed by atoms with Crippen LogP contribution in [0.5, 0.6) is 0 Å². The van der Waals surface area contributed by atoms with Crippen LogP contribution in [0, 0.1) is 5.82 Å². The van der Waals surface area contributed by atoms with Gasteiger partial charge >= 0.3 is 0 Å². The van der Waals surface area contributed by atoms with E-state index in [4.69, 9.17) is 16.7 Å². The number of hydrogen-bond acceptors (Lipinski definition) is 9. The molecule has 1 aliphatic rings. The Morgan fingerprint density at radius 2 is 2.05 bits per heavy atom. The van der Waals surface area contributed by atoms with Gasteiger partial charge in [0.05, 0.1) is 17.6 Å². The number of amides is 2. The number of likely N-dealkylation sites (N-methyl/N-ethyl adjacent to an activating group) is 1. The average Bonchev–Trinajstić information content (AvgIpc) is 3.39. The maximum absolute atomic E-state index is 13.4. The lowest BCUT2D eigenvalue weighted by molar-refractivity contribution is -0.124. The van der Waals surface area contributed by atoms with Gasteiger partial charge in [0.15, 0.2) is 0 Å². The van der Waals surface area contributed by atoms with Gasteiger partial charge in [-0.2, -0.15) is 0 Å². The van der Waals surface area contributed by atoms with Gasteiger partial charge in [0, 0.05) is 51.7 Å². The van der Waals surface area contributed by atoms with E-state index < -0.39 is 17.9 Å². The van der Waals surface area contributed by atoms with Crippen molar-refractivity contribution in [3.8, 4) is 10.6 Å². The fourth-order valence-electron chi connectivity index (χ4n) is 3.63. The number of halogens is 2. The van der Waals surface area contributed by atoms with Crippen LogP contribution in [0.1, 0.15) is 17.7 Å². The maximum Gasteiger partial charge on any atom is 0.242 e. The number of hydrogen-bond donors (Lipinski definition) is 4. The lowest BCUT2D eigenvalue weighted by Gasteiger charge is -2.34. The molecule has 1 fully saturated rings. The molecule has 0 bridgehead atoms. The molecular formula is C25H27ClFN5O3S3. The van der Waals surface area contributed by atoms with E-state index in [9.17, 15) is 14.0 Å². The van der Waals surface area contributed by atoms with Crippen LogP contribution in [0.15, 0.2) is 53.6 Å².